The third-order valence-corrected chi connectivity index (χ3v) is 8.61. The number of nitrogens with zero attached hydrogens (tertiary/aromatic N) is 3. The molecule has 0 atom stereocenters. The quantitative estimate of drug-likeness (QED) is 0.555. The number of aromatic amines is 1. The summed E-state index contributed by atoms with van der Waals surface area (Å²) in [7, 11) is -2.28. The Morgan fingerprint density at radius 2 is 1.83 bits per heavy atom. The number of halogens is 3. The molecule has 1 aromatic carbocycles. The molecule has 2 aliphatic heterocycles. The number of H-pyrrole nitrogens is 1. The maximum Gasteiger partial charge on any atom is 0.282 e. The zero-order valence-corrected chi connectivity index (χ0v) is 19.9. The summed E-state index contributed by atoms with van der Waals surface area (Å²) in [5.74, 6) is -2.65. The van der Waals surface area contributed by atoms with Crippen molar-refractivity contribution in [1.82, 2.24) is 18.6 Å². The van der Waals surface area contributed by atoms with E-state index in [1.807, 2.05) is 12.1 Å². The Labute approximate surface area is 201 Å². The first-order valence-electron chi connectivity index (χ1n) is 11.3. The minimum atomic E-state index is -3.80. The molecule has 0 radical (unpaired) electrons. The molecule has 4 heterocycles. The van der Waals surface area contributed by atoms with E-state index in [0.717, 1.165) is 26.5 Å². The summed E-state index contributed by atoms with van der Waals surface area (Å²) in [6.45, 7) is 0.0389. The maximum absolute atomic E-state index is 14.0. The first-order valence-corrected chi connectivity index (χ1v) is 12.7. The van der Waals surface area contributed by atoms with Gasteiger partial charge in [-0.25, -0.2) is 18.2 Å². The highest BCUT2D eigenvalue weighted by molar-refractivity contribution is 7.86. The molecule has 3 aromatic rings. The Balaban J connectivity index is 1.40. The SMILES string of the molecule is COc1ccc(F)cc1-c1ccnc2[nH]c(C3=CCN(S(=O)(=O)N4CCC(F)(F)CC4)CC3)cc12. The van der Waals surface area contributed by atoms with Gasteiger partial charge in [0.25, 0.3) is 16.1 Å². The highest BCUT2D eigenvalue weighted by Gasteiger charge is 2.40. The molecule has 5 rings (SSSR count). The smallest absolute Gasteiger partial charge is 0.282 e. The van der Waals surface area contributed by atoms with E-state index in [0.29, 0.717) is 23.4 Å². The van der Waals surface area contributed by atoms with Gasteiger partial charge in [-0.3, -0.25) is 0 Å². The lowest BCUT2D eigenvalue weighted by Gasteiger charge is -2.35. The predicted octanol–water partition coefficient (Wildman–Crippen LogP) is 4.44. The van der Waals surface area contributed by atoms with E-state index in [-0.39, 0.29) is 32.0 Å². The van der Waals surface area contributed by atoms with Gasteiger partial charge in [0.15, 0.2) is 0 Å². The molecule has 1 N–H and O–H groups in total. The van der Waals surface area contributed by atoms with Gasteiger partial charge in [-0.2, -0.15) is 17.0 Å². The molecule has 1 saturated heterocycles. The zero-order valence-electron chi connectivity index (χ0n) is 19.1. The first kappa shape index (κ1) is 23.8. The number of pyridine rings is 1. The van der Waals surface area contributed by atoms with Gasteiger partial charge in [-0.1, -0.05) is 6.08 Å². The van der Waals surface area contributed by atoms with E-state index in [4.69, 9.17) is 4.74 Å². The molecule has 0 spiro atoms. The number of hydrogen-bond donors (Lipinski definition) is 1. The van der Waals surface area contributed by atoms with Gasteiger partial charge in [0.05, 0.1) is 7.11 Å². The van der Waals surface area contributed by atoms with E-state index >= 15 is 0 Å². The number of hydrogen-bond acceptors (Lipinski definition) is 4. The molecule has 7 nitrogen and oxygen atoms in total. The van der Waals surface area contributed by atoms with Crippen molar-refractivity contribution in [1.29, 1.82) is 0 Å². The molecule has 0 saturated carbocycles. The van der Waals surface area contributed by atoms with Crippen LogP contribution in [-0.4, -0.2) is 66.2 Å². The summed E-state index contributed by atoms with van der Waals surface area (Å²) in [4.78, 5) is 7.67. The number of fused-ring (bicyclic) bond motifs is 1. The summed E-state index contributed by atoms with van der Waals surface area (Å²) >= 11 is 0. The molecule has 0 amide bonds. The Hall–Kier alpha value is -2.89. The van der Waals surface area contributed by atoms with Gasteiger partial charge in [0.1, 0.15) is 17.2 Å². The van der Waals surface area contributed by atoms with Crippen molar-refractivity contribution >= 4 is 26.8 Å². The summed E-state index contributed by atoms with van der Waals surface area (Å²) < 4.78 is 74.7. The minimum Gasteiger partial charge on any atom is -0.496 e. The lowest BCUT2D eigenvalue weighted by atomic mass is 10.0. The van der Waals surface area contributed by atoms with Crippen LogP contribution in [0.2, 0.25) is 0 Å². The van der Waals surface area contributed by atoms with E-state index < -0.39 is 29.0 Å². The summed E-state index contributed by atoms with van der Waals surface area (Å²) in [6, 6.07) is 8.05. The Morgan fingerprint density at radius 3 is 2.51 bits per heavy atom. The second-order valence-electron chi connectivity index (χ2n) is 8.75. The van der Waals surface area contributed by atoms with Crippen molar-refractivity contribution in [3.05, 3.63) is 54.1 Å². The number of ether oxygens (including phenoxy) is 1. The van der Waals surface area contributed by atoms with Crippen LogP contribution >= 0.6 is 0 Å². The second kappa shape index (κ2) is 8.96. The first-order chi connectivity index (χ1) is 16.7. The van der Waals surface area contributed by atoms with Crippen LogP contribution in [0.15, 0.2) is 42.6 Å². The van der Waals surface area contributed by atoms with E-state index in [2.05, 4.69) is 9.97 Å². The molecule has 0 unspecified atom stereocenters. The van der Waals surface area contributed by atoms with Crippen molar-refractivity contribution < 1.29 is 26.3 Å². The van der Waals surface area contributed by atoms with Crippen molar-refractivity contribution in [2.24, 2.45) is 0 Å². The molecule has 35 heavy (non-hydrogen) atoms. The fourth-order valence-corrected chi connectivity index (χ4v) is 6.19. The molecule has 0 aliphatic carbocycles. The van der Waals surface area contributed by atoms with Crippen LogP contribution in [0, 0.1) is 5.82 Å². The number of aromatic nitrogens is 2. The van der Waals surface area contributed by atoms with Crippen LogP contribution in [0.1, 0.15) is 25.0 Å². The molecule has 1 fully saturated rings. The third kappa shape index (κ3) is 4.55. The largest absolute Gasteiger partial charge is 0.496 e. The van der Waals surface area contributed by atoms with Crippen LogP contribution in [0.3, 0.4) is 0 Å². The van der Waals surface area contributed by atoms with Crippen LogP contribution in [0.25, 0.3) is 27.7 Å². The molecular formula is C24H25F3N4O3S. The fraction of sp³-hybridized carbons (Fsp3) is 0.375. The fourth-order valence-electron chi connectivity index (χ4n) is 4.64. The number of piperidine rings is 1. The lowest BCUT2D eigenvalue weighted by molar-refractivity contribution is -0.0418. The van der Waals surface area contributed by atoms with Gasteiger partial charge in [-0.15, -0.1) is 0 Å². The van der Waals surface area contributed by atoms with Gasteiger partial charge < -0.3 is 9.72 Å². The molecule has 0 bridgehead atoms. The minimum absolute atomic E-state index is 0.151. The van der Waals surface area contributed by atoms with Crippen molar-refractivity contribution in [2.45, 2.75) is 25.2 Å². The molecule has 186 valence electrons. The number of rotatable bonds is 5. The lowest BCUT2D eigenvalue weighted by Crippen LogP contribution is -2.50. The normalized spacial score (nSPS) is 19.6. The van der Waals surface area contributed by atoms with Crippen molar-refractivity contribution in [2.75, 3.05) is 33.3 Å². The van der Waals surface area contributed by atoms with Crippen molar-refractivity contribution in [3.8, 4) is 16.9 Å². The molecular weight excluding hydrogens is 481 g/mol. The zero-order chi connectivity index (χ0) is 24.8. The number of nitrogens with one attached hydrogen (secondary N) is 1. The Kier molecular flexibility index (Phi) is 6.10. The predicted molar refractivity (Wildman–Crippen MR) is 127 cm³/mol. The monoisotopic (exact) mass is 506 g/mol. The van der Waals surface area contributed by atoms with Crippen LogP contribution in [-0.2, 0) is 10.2 Å². The second-order valence-corrected chi connectivity index (χ2v) is 10.7. The maximum atomic E-state index is 14.0. The van der Waals surface area contributed by atoms with Crippen LogP contribution in [0.4, 0.5) is 13.2 Å². The molecule has 2 aliphatic rings. The van der Waals surface area contributed by atoms with Gasteiger partial charge in [0.2, 0.25) is 0 Å². The van der Waals surface area contributed by atoms with Gasteiger partial charge in [-0.05, 0) is 47.9 Å². The average Bonchev–Trinajstić information content (AvgIpc) is 3.28. The Morgan fingerprint density at radius 1 is 1.06 bits per heavy atom. The van der Waals surface area contributed by atoms with Crippen LogP contribution < -0.4 is 4.74 Å². The number of methoxy groups -OCH3 is 1. The van der Waals surface area contributed by atoms with Crippen molar-refractivity contribution in [3.63, 3.8) is 0 Å². The topological polar surface area (TPSA) is 78.5 Å². The summed E-state index contributed by atoms with van der Waals surface area (Å²) in [5, 5.41) is 0.789. The number of benzene rings is 1. The Bertz CT molecular complexity index is 1390. The van der Waals surface area contributed by atoms with E-state index in [9.17, 15) is 21.6 Å². The average molecular weight is 507 g/mol. The standard InChI is InChI=1S/C24H25F3N4O3S/c1-34-22-3-2-17(25)14-19(22)18-4-9-28-23-20(18)15-21(29-23)16-5-10-30(11-6-16)35(32,33)31-12-7-24(26,27)8-13-31/h2-5,9,14-15H,6-8,10-13H2,1H3,(H,28,29). The molecule has 11 heteroatoms. The third-order valence-electron chi connectivity index (χ3n) is 6.61. The highest BCUT2D eigenvalue weighted by atomic mass is 32.2. The van der Waals surface area contributed by atoms with Crippen LogP contribution in [0.5, 0.6) is 5.75 Å². The van der Waals surface area contributed by atoms with Gasteiger partial charge >= 0.3 is 0 Å². The molecule has 2 aromatic heterocycles. The summed E-state index contributed by atoms with van der Waals surface area (Å²) in [5.41, 5.74) is 3.71. The van der Waals surface area contributed by atoms with Gasteiger partial charge in [0, 0.05) is 61.9 Å². The van der Waals surface area contributed by atoms with E-state index in [1.165, 1.54) is 23.5 Å². The van der Waals surface area contributed by atoms with E-state index in [1.54, 1.807) is 18.3 Å². The summed E-state index contributed by atoms with van der Waals surface area (Å²) in [6.07, 6.45) is 3.00. The number of alkyl halides is 2. The highest BCUT2D eigenvalue weighted by Crippen LogP contribution is 2.37.